The van der Waals surface area contributed by atoms with Gasteiger partial charge in [-0.05, 0) is 56.9 Å². The first kappa shape index (κ1) is 49.2. The van der Waals surface area contributed by atoms with Gasteiger partial charge in [-0.15, -0.1) is 0 Å². The van der Waals surface area contributed by atoms with Crippen LogP contribution in [0.2, 0.25) is 0 Å². The first-order valence-corrected chi connectivity index (χ1v) is 19.1. The number of carbonyl (C=O) groups is 9. The maximum absolute atomic E-state index is 13.7. The predicted molar refractivity (Wildman–Crippen MR) is 214 cm³/mol. The molecule has 0 fully saturated rings. The molecule has 23 nitrogen and oxygen atoms in total. The highest BCUT2D eigenvalue weighted by Crippen LogP contribution is 2.43. The molecule has 0 aliphatic carbocycles. The number of likely N-dealkylation sites (N-methyl/N-ethyl adjacent to an activating group) is 1. The number of carboxylic acids is 1. The Hall–Kier alpha value is -7.17. The van der Waals surface area contributed by atoms with E-state index < -0.39 is 119 Å². The normalized spacial score (nSPS) is 18.0. The second-order valence-electron chi connectivity index (χ2n) is 14.9. The van der Waals surface area contributed by atoms with Gasteiger partial charge in [-0.3, -0.25) is 38.5 Å². The van der Waals surface area contributed by atoms with Crippen molar-refractivity contribution in [2.45, 2.75) is 89.8 Å². The number of aliphatic carboxylic acids is 1. The lowest BCUT2D eigenvalue weighted by atomic mass is 9.90. The molecule has 12 N–H and O–H groups in total. The van der Waals surface area contributed by atoms with Crippen molar-refractivity contribution in [3.05, 3.63) is 41.5 Å². The van der Waals surface area contributed by atoms with E-state index in [1.54, 1.807) is 13.8 Å². The van der Waals surface area contributed by atoms with Crippen LogP contribution in [-0.4, -0.2) is 130 Å². The number of nitrogens with two attached hydrogens (primary N) is 1. The topological polar surface area (TPSA) is 354 Å². The van der Waals surface area contributed by atoms with Crippen LogP contribution in [0.3, 0.4) is 0 Å². The molecule has 7 atom stereocenters. The molecule has 3 rings (SSSR count). The van der Waals surface area contributed by atoms with Gasteiger partial charge >= 0.3 is 12.1 Å². The molecule has 2 aromatic rings. The zero-order valence-corrected chi connectivity index (χ0v) is 34.9. The summed E-state index contributed by atoms with van der Waals surface area (Å²) in [6, 6.07) is -5.36. The number of hydrogen-bond acceptors (Lipinski definition) is 14. The molecule has 0 aromatic heterocycles. The fraction of sp³-hybridized carbons (Fsp3) is 0.462. The number of aromatic hydroxyl groups is 3. The fourth-order valence-corrected chi connectivity index (χ4v) is 6.25. The Balaban J connectivity index is 1.88. The number of methoxy groups -OCH3 is 1. The lowest BCUT2D eigenvalue weighted by Crippen LogP contribution is -2.58. The highest BCUT2D eigenvalue weighted by molar-refractivity contribution is 5.99. The monoisotopic (exact) mass is 872 g/mol. The second-order valence-corrected chi connectivity index (χ2v) is 14.9. The molecule has 0 spiro atoms. The van der Waals surface area contributed by atoms with Crippen molar-refractivity contribution >= 4 is 53.4 Å². The van der Waals surface area contributed by atoms with E-state index >= 15 is 0 Å². The molecule has 23 heteroatoms. The Morgan fingerprint density at radius 3 is 2.06 bits per heavy atom. The van der Waals surface area contributed by atoms with Gasteiger partial charge in [0.15, 0.2) is 12.8 Å². The van der Waals surface area contributed by atoms with Crippen molar-refractivity contribution in [2.75, 3.05) is 21.0 Å². The molecule has 0 saturated carbocycles. The number of nitrogens with one attached hydrogen (secondary N) is 6. The molecule has 0 saturated heterocycles. The van der Waals surface area contributed by atoms with Crippen LogP contribution in [0.25, 0.3) is 11.1 Å². The van der Waals surface area contributed by atoms with Crippen LogP contribution >= 0.6 is 0 Å². The summed E-state index contributed by atoms with van der Waals surface area (Å²) in [6.07, 6.45) is -1.45. The van der Waals surface area contributed by atoms with Gasteiger partial charge in [0.25, 0.3) is 0 Å². The van der Waals surface area contributed by atoms with E-state index in [1.807, 2.05) is 0 Å². The van der Waals surface area contributed by atoms with Crippen LogP contribution < -0.4 is 37.6 Å². The minimum absolute atomic E-state index is 0.0655. The Morgan fingerprint density at radius 2 is 1.47 bits per heavy atom. The van der Waals surface area contributed by atoms with Gasteiger partial charge in [0.05, 0.1) is 6.42 Å². The molecule has 1 aliphatic rings. The number of hydrogen-bond donors (Lipinski definition) is 11. The van der Waals surface area contributed by atoms with Gasteiger partial charge in [-0.1, -0.05) is 19.9 Å². The number of phenolic OH excluding ortho intramolecular Hbond substituents is 3. The maximum atomic E-state index is 13.7. The molecule has 338 valence electrons. The molecule has 0 unspecified atom stereocenters. The highest BCUT2D eigenvalue weighted by Gasteiger charge is 2.36. The third kappa shape index (κ3) is 12.7. The van der Waals surface area contributed by atoms with Gasteiger partial charge in [0, 0.05) is 36.9 Å². The van der Waals surface area contributed by atoms with Gasteiger partial charge in [-0.25, -0.2) is 9.59 Å². The van der Waals surface area contributed by atoms with Gasteiger partial charge < -0.3 is 67.5 Å². The van der Waals surface area contributed by atoms with Crippen LogP contribution in [-0.2, 0) is 47.8 Å². The summed E-state index contributed by atoms with van der Waals surface area (Å²) in [6.45, 7) is 6.92. The largest absolute Gasteiger partial charge is 0.508 e. The van der Waals surface area contributed by atoms with Crippen molar-refractivity contribution in [1.29, 1.82) is 0 Å². The Morgan fingerprint density at radius 1 is 0.839 bits per heavy atom. The van der Waals surface area contributed by atoms with E-state index in [0.29, 0.717) is 0 Å². The quantitative estimate of drug-likeness (QED) is 0.0887. The Bertz CT molecular complexity index is 2080. The predicted octanol–water partition coefficient (Wildman–Crippen LogP) is -1.16. The van der Waals surface area contributed by atoms with Crippen molar-refractivity contribution in [2.24, 2.45) is 11.7 Å². The van der Waals surface area contributed by atoms with Gasteiger partial charge in [0.1, 0.15) is 53.5 Å². The number of fused-ring (bicyclic) bond motifs is 4. The number of ether oxygens (including phenoxy) is 2. The van der Waals surface area contributed by atoms with E-state index in [0.717, 1.165) is 29.2 Å². The number of phenols is 3. The number of primary amides is 1. The van der Waals surface area contributed by atoms with Crippen molar-refractivity contribution in [3.63, 3.8) is 0 Å². The Kier molecular flexibility index (Phi) is 17.0. The number of carbonyl (C=O) groups excluding carboxylic acids is 8. The van der Waals surface area contributed by atoms with Gasteiger partial charge in [-0.2, -0.15) is 0 Å². The fourth-order valence-electron chi connectivity index (χ4n) is 6.25. The summed E-state index contributed by atoms with van der Waals surface area (Å²) in [5, 5.41) is 56.2. The average Bonchev–Trinajstić information content (AvgIpc) is 3.18. The van der Waals surface area contributed by atoms with E-state index in [4.69, 9.17) is 15.2 Å². The average molecular weight is 873 g/mol. The van der Waals surface area contributed by atoms with E-state index in [-0.39, 0.29) is 41.4 Å². The Labute approximate surface area is 355 Å². The summed E-state index contributed by atoms with van der Waals surface area (Å²) in [7, 11) is 2.63. The van der Waals surface area contributed by atoms with Crippen molar-refractivity contribution < 1.29 is 73.1 Å². The summed E-state index contributed by atoms with van der Waals surface area (Å²) in [4.78, 5) is 118. The number of carboxylic acid groups (broad SMARTS) is 1. The first-order chi connectivity index (χ1) is 29.0. The summed E-state index contributed by atoms with van der Waals surface area (Å²) < 4.78 is 9.66. The zero-order valence-electron chi connectivity index (χ0n) is 34.9. The summed E-state index contributed by atoms with van der Waals surface area (Å²) in [5.41, 5.74) is 4.34. The van der Waals surface area contributed by atoms with E-state index in [2.05, 4.69) is 31.9 Å². The molecular formula is C39H52N8O15. The summed E-state index contributed by atoms with van der Waals surface area (Å²) in [5.74, 6) is -10.4. The lowest BCUT2D eigenvalue weighted by molar-refractivity contribution is -0.142. The van der Waals surface area contributed by atoms with Gasteiger partial charge in [0.2, 0.25) is 41.4 Å². The number of amides is 8. The molecule has 0 radical (unpaired) electrons. The van der Waals surface area contributed by atoms with E-state index in [1.165, 1.54) is 41.0 Å². The second kappa shape index (κ2) is 21.4. The highest BCUT2D eigenvalue weighted by atomic mass is 16.7. The zero-order chi connectivity index (χ0) is 46.7. The summed E-state index contributed by atoms with van der Waals surface area (Å²) >= 11 is 0. The third-order valence-electron chi connectivity index (χ3n) is 9.50. The van der Waals surface area contributed by atoms with Crippen molar-refractivity contribution in [1.82, 2.24) is 36.8 Å². The molecule has 8 amide bonds. The van der Waals surface area contributed by atoms with Crippen LogP contribution in [0.5, 0.6) is 17.2 Å². The van der Waals surface area contributed by atoms with Crippen LogP contribution in [0.15, 0.2) is 30.3 Å². The minimum atomic E-state index is -1.89. The van der Waals surface area contributed by atoms with Crippen molar-refractivity contribution in [3.8, 4) is 28.4 Å². The van der Waals surface area contributed by atoms with Crippen LogP contribution in [0.4, 0.5) is 4.79 Å². The lowest BCUT2D eigenvalue weighted by Gasteiger charge is -2.29. The molecule has 2 aromatic carbocycles. The standard InChI is InChI=1S/C39H52N8O15/c1-16(2)10-25(47(6)39(60)62-15-61-7)36(56)42-17(3)32(52)44-24(14-28(40)51)35(55)41-18(4)33(53)45-30-20-8-9-26(49)22(11-20)29-23(12-21(48)13-27(29)50)31(38(58)59)46-34(54)19(5)43-37(30)57/h8-9,11-13,16-19,24-25,30-31,48-50H,10,14-15H2,1-7H3,(H2,40,51)(H,41,55)(H,42,56)(H,43,57)(H,44,52)(H,45,53)(H,46,54)(H,58,59)/t17-,18-,19+,24+,25-,30-,31+/m1/s1. The minimum Gasteiger partial charge on any atom is -0.508 e. The number of rotatable bonds is 16. The molecule has 2 bridgehead atoms. The molecule has 1 heterocycles. The first-order valence-electron chi connectivity index (χ1n) is 19.1. The van der Waals surface area contributed by atoms with E-state index in [9.17, 15) is 63.6 Å². The number of nitrogens with zero attached hydrogens (tertiary/aromatic N) is 1. The number of benzene rings is 2. The van der Waals surface area contributed by atoms with Crippen LogP contribution in [0.1, 0.15) is 70.7 Å². The van der Waals surface area contributed by atoms with Crippen LogP contribution in [0, 0.1) is 5.92 Å². The third-order valence-corrected chi connectivity index (χ3v) is 9.50. The smallest absolute Gasteiger partial charge is 0.412 e. The molecule has 62 heavy (non-hydrogen) atoms. The molecular weight excluding hydrogens is 820 g/mol. The maximum Gasteiger partial charge on any atom is 0.412 e. The molecule has 1 aliphatic heterocycles. The SMILES string of the molecule is COCOC(=O)N(C)[C@H](CC(C)C)C(=O)N[C@H](C)C(=O)N[C@@H](CC(N)=O)C(=O)N[C@H](C)C(=O)N[C@H]1C(=O)N[C@@H](C)C(=O)N[C@H](C(=O)O)c2cc(O)cc(O)c2-c2cc1ccc2O.